The van der Waals surface area contributed by atoms with Crippen LogP contribution in [0.15, 0.2) is 28.0 Å². The van der Waals surface area contributed by atoms with Gasteiger partial charge in [-0.25, -0.2) is 0 Å². The lowest BCUT2D eigenvalue weighted by Crippen LogP contribution is -1.99. The fraction of sp³-hybridized carbons (Fsp3) is 0.250. The van der Waals surface area contributed by atoms with E-state index in [0.717, 1.165) is 0 Å². The standard InChI is InChI=1S/C8H11NO2S2/c1-12(10)7-4-3-6(9)5-8(7)13(2)11/h3-5H,9H2,1-2H3. The van der Waals surface area contributed by atoms with Crippen molar-refractivity contribution in [3.8, 4) is 0 Å². The van der Waals surface area contributed by atoms with Crippen LogP contribution in [0.1, 0.15) is 0 Å². The predicted octanol–water partition coefficient (Wildman–Crippen LogP) is 0.744. The van der Waals surface area contributed by atoms with E-state index in [4.69, 9.17) is 5.73 Å². The van der Waals surface area contributed by atoms with E-state index >= 15 is 0 Å². The molecule has 0 radical (unpaired) electrons. The highest BCUT2D eigenvalue weighted by atomic mass is 32.2. The van der Waals surface area contributed by atoms with Gasteiger partial charge >= 0.3 is 0 Å². The van der Waals surface area contributed by atoms with E-state index in [1.165, 1.54) is 0 Å². The van der Waals surface area contributed by atoms with Gasteiger partial charge in [0, 0.05) is 18.2 Å². The molecular formula is C8H11NO2S2. The third-order valence-electron chi connectivity index (χ3n) is 1.59. The molecule has 3 nitrogen and oxygen atoms in total. The molecule has 0 saturated carbocycles. The Morgan fingerprint density at radius 3 is 2.08 bits per heavy atom. The van der Waals surface area contributed by atoms with Crippen LogP contribution in [-0.4, -0.2) is 20.9 Å². The third kappa shape index (κ3) is 2.38. The summed E-state index contributed by atoms with van der Waals surface area (Å²) in [5, 5.41) is 0. The first kappa shape index (κ1) is 10.4. The highest BCUT2D eigenvalue weighted by Crippen LogP contribution is 2.19. The Balaban J connectivity index is 3.35. The van der Waals surface area contributed by atoms with Crippen molar-refractivity contribution in [1.82, 2.24) is 0 Å². The number of hydrogen-bond donors (Lipinski definition) is 1. The summed E-state index contributed by atoms with van der Waals surface area (Å²) in [6.07, 6.45) is 3.10. The van der Waals surface area contributed by atoms with Gasteiger partial charge in [0.2, 0.25) is 0 Å². The van der Waals surface area contributed by atoms with Gasteiger partial charge in [0.05, 0.1) is 31.4 Å². The van der Waals surface area contributed by atoms with Crippen LogP contribution in [0.5, 0.6) is 0 Å². The Morgan fingerprint density at radius 2 is 1.62 bits per heavy atom. The fourth-order valence-corrected chi connectivity index (χ4v) is 2.95. The van der Waals surface area contributed by atoms with Crippen molar-refractivity contribution in [3.63, 3.8) is 0 Å². The lowest BCUT2D eigenvalue weighted by atomic mass is 10.3. The molecule has 13 heavy (non-hydrogen) atoms. The van der Waals surface area contributed by atoms with E-state index in [-0.39, 0.29) is 0 Å². The van der Waals surface area contributed by atoms with Crippen molar-refractivity contribution < 1.29 is 8.42 Å². The van der Waals surface area contributed by atoms with Gasteiger partial charge in [0.15, 0.2) is 0 Å². The van der Waals surface area contributed by atoms with E-state index < -0.39 is 21.6 Å². The monoisotopic (exact) mass is 217 g/mol. The number of benzene rings is 1. The predicted molar refractivity (Wildman–Crippen MR) is 55.5 cm³/mol. The van der Waals surface area contributed by atoms with Crippen molar-refractivity contribution in [2.24, 2.45) is 0 Å². The van der Waals surface area contributed by atoms with Crippen LogP contribution in [0.2, 0.25) is 0 Å². The van der Waals surface area contributed by atoms with Crippen LogP contribution in [0, 0.1) is 0 Å². The van der Waals surface area contributed by atoms with Crippen molar-refractivity contribution in [2.45, 2.75) is 9.79 Å². The van der Waals surface area contributed by atoms with E-state index in [1.807, 2.05) is 0 Å². The van der Waals surface area contributed by atoms with Gasteiger partial charge < -0.3 is 5.73 Å². The molecule has 2 N–H and O–H groups in total. The maximum Gasteiger partial charge on any atom is 0.0566 e. The molecule has 0 saturated heterocycles. The summed E-state index contributed by atoms with van der Waals surface area (Å²) in [7, 11) is -2.26. The molecule has 0 heterocycles. The van der Waals surface area contributed by atoms with Gasteiger partial charge in [-0.3, -0.25) is 8.42 Å². The number of anilines is 1. The first-order valence-corrected chi connectivity index (χ1v) is 6.70. The van der Waals surface area contributed by atoms with Crippen molar-refractivity contribution in [3.05, 3.63) is 18.2 Å². The summed E-state index contributed by atoms with van der Waals surface area (Å²) >= 11 is 0. The number of nitrogen functional groups attached to an aromatic ring is 1. The van der Waals surface area contributed by atoms with Gasteiger partial charge in [0.1, 0.15) is 0 Å². The van der Waals surface area contributed by atoms with Crippen LogP contribution in [0.25, 0.3) is 0 Å². The molecule has 0 aromatic heterocycles. The SMILES string of the molecule is CS(=O)c1ccc(N)cc1S(C)=O. The number of nitrogens with two attached hydrogens (primary N) is 1. The molecule has 1 aromatic rings. The molecule has 1 rings (SSSR count). The van der Waals surface area contributed by atoms with Crippen LogP contribution in [0.3, 0.4) is 0 Å². The molecule has 0 aliphatic heterocycles. The summed E-state index contributed by atoms with van der Waals surface area (Å²) in [5.41, 5.74) is 6.07. The van der Waals surface area contributed by atoms with E-state index in [1.54, 1.807) is 30.7 Å². The average Bonchev–Trinajstić information content (AvgIpc) is 2.03. The first-order valence-electron chi connectivity index (χ1n) is 3.58. The second kappa shape index (κ2) is 4.02. The minimum absolute atomic E-state index is 0.541. The second-order valence-corrected chi connectivity index (χ2v) is 5.31. The van der Waals surface area contributed by atoms with E-state index in [9.17, 15) is 8.42 Å². The zero-order valence-electron chi connectivity index (χ0n) is 7.44. The number of hydrogen-bond acceptors (Lipinski definition) is 3. The fourth-order valence-electron chi connectivity index (χ4n) is 0.987. The van der Waals surface area contributed by atoms with Gasteiger partial charge in [-0.15, -0.1) is 0 Å². The normalized spacial score (nSPS) is 15.2. The second-order valence-electron chi connectivity index (χ2n) is 2.61. The molecule has 0 amide bonds. The molecule has 1 aromatic carbocycles. The zero-order valence-corrected chi connectivity index (χ0v) is 9.08. The van der Waals surface area contributed by atoms with Gasteiger partial charge in [0.25, 0.3) is 0 Å². The summed E-state index contributed by atoms with van der Waals surface area (Å²) < 4.78 is 22.5. The van der Waals surface area contributed by atoms with Crippen LogP contribution >= 0.6 is 0 Å². The molecule has 5 heteroatoms. The molecule has 0 aliphatic carbocycles. The largest absolute Gasteiger partial charge is 0.399 e. The molecule has 2 atom stereocenters. The lowest BCUT2D eigenvalue weighted by Gasteiger charge is -2.04. The van der Waals surface area contributed by atoms with Crippen molar-refractivity contribution in [2.75, 3.05) is 18.2 Å². The average molecular weight is 217 g/mol. The Labute approximate surface area is 82.2 Å². The minimum Gasteiger partial charge on any atom is -0.399 e. The highest BCUT2D eigenvalue weighted by Gasteiger charge is 2.09. The summed E-state index contributed by atoms with van der Waals surface area (Å²) in [4.78, 5) is 1.15. The minimum atomic E-state index is -1.14. The smallest absolute Gasteiger partial charge is 0.0566 e. The summed E-state index contributed by atoms with van der Waals surface area (Å²) in [6, 6.07) is 4.92. The highest BCUT2D eigenvalue weighted by molar-refractivity contribution is 7.87. The Kier molecular flexibility index (Phi) is 3.22. The Morgan fingerprint density at radius 1 is 1.08 bits per heavy atom. The molecule has 0 spiro atoms. The van der Waals surface area contributed by atoms with Crippen molar-refractivity contribution >= 4 is 27.3 Å². The Bertz CT molecular complexity index is 376. The molecule has 0 fully saturated rings. The van der Waals surface area contributed by atoms with Crippen LogP contribution < -0.4 is 5.73 Å². The molecular weight excluding hydrogens is 206 g/mol. The van der Waals surface area contributed by atoms with Crippen LogP contribution in [-0.2, 0) is 21.6 Å². The molecule has 2 unspecified atom stereocenters. The van der Waals surface area contributed by atoms with Crippen molar-refractivity contribution in [1.29, 1.82) is 0 Å². The quantitative estimate of drug-likeness (QED) is 0.743. The van der Waals surface area contributed by atoms with E-state index in [0.29, 0.717) is 15.5 Å². The van der Waals surface area contributed by atoms with Crippen LogP contribution in [0.4, 0.5) is 5.69 Å². The maximum absolute atomic E-state index is 11.2. The topological polar surface area (TPSA) is 60.2 Å². The van der Waals surface area contributed by atoms with E-state index in [2.05, 4.69) is 0 Å². The first-order chi connectivity index (χ1) is 6.02. The molecule has 0 aliphatic rings. The maximum atomic E-state index is 11.2. The zero-order chi connectivity index (χ0) is 10.0. The summed E-state index contributed by atoms with van der Waals surface area (Å²) in [5.74, 6) is 0. The molecule has 72 valence electrons. The number of rotatable bonds is 2. The van der Waals surface area contributed by atoms with Gasteiger partial charge in [-0.2, -0.15) is 0 Å². The third-order valence-corrected chi connectivity index (χ3v) is 3.65. The van der Waals surface area contributed by atoms with Gasteiger partial charge in [-0.05, 0) is 18.2 Å². The lowest BCUT2D eigenvalue weighted by molar-refractivity contribution is 0.678. The van der Waals surface area contributed by atoms with Gasteiger partial charge in [-0.1, -0.05) is 0 Å². The molecule has 0 bridgehead atoms. The Hall–Kier alpha value is -0.680. The summed E-state index contributed by atoms with van der Waals surface area (Å²) in [6.45, 7) is 0.